The summed E-state index contributed by atoms with van der Waals surface area (Å²) in [5.41, 5.74) is 0. The number of carbonyl (C=O) groups is 1. The summed E-state index contributed by atoms with van der Waals surface area (Å²) in [5, 5.41) is 76.3. The van der Waals surface area contributed by atoms with Crippen molar-refractivity contribution in [3.63, 3.8) is 0 Å². The van der Waals surface area contributed by atoms with Crippen molar-refractivity contribution in [1.29, 1.82) is 0 Å². The fourth-order valence-electron chi connectivity index (χ4n) is 11.0. The Morgan fingerprint density at radius 2 is 0.756 bits per heavy atom. The van der Waals surface area contributed by atoms with E-state index in [2.05, 4.69) is 43.5 Å². The van der Waals surface area contributed by atoms with E-state index in [9.17, 15) is 40.5 Å². The van der Waals surface area contributed by atoms with Gasteiger partial charge in [-0.2, -0.15) is 0 Å². The molecule has 1 rings (SSSR count). The van der Waals surface area contributed by atoms with Crippen LogP contribution in [0.15, 0.2) is 24.3 Å². The number of aliphatic hydroxyl groups is 7. The van der Waals surface area contributed by atoms with Gasteiger partial charge in [0.15, 0.2) is 6.29 Å². The summed E-state index contributed by atoms with van der Waals surface area (Å²) in [6.45, 7) is 3.48. The van der Waals surface area contributed by atoms with Crippen LogP contribution < -0.4 is 5.32 Å². The first-order valence-corrected chi connectivity index (χ1v) is 33.7. The van der Waals surface area contributed by atoms with Crippen molar-refractivity contribution in [3.05, 3.63) is 24.3 Å². The second-order valence-corrected chi connectivity index (χ2v) is 23.9. The predicted octanol–water partition coefficient (Wildman–Crippen LogP) is 15.6. The Balaban J connectivity index is 2.17. The standard InChI is InChI=1S/C67H129NO10/c1-3-5-7-9-11-13-15-17-19-21-22-23-24-25-26-27-28-29-30-31-32-33-34-35-36-37-39-41-43-45-47-49-51-53-55-60(71)66(76)68-58(57-77-67-65(75)64(74)63(73)61(56-69)78-67)62(72)59(70)54-52-50-48-46-44-42-40-38-20-18-16-14-12-10-8-6-4-2/h27-28,46,48,58-65,67,69-75H,3-26,29-45,47,49-57H2,1-2H3,(H,68,76)/b28-27-,48-46+. The molecule has 1 amide bonds. The fraction of sp³-hybridized carbons (Fsp3) is 0.925. The van der Waals surface area contributed by atoms with Crippen LogP contribution in [-0.4, -0.2) is 110 Å². The maximum absolute atomic E-state index is 13.2. The molecule has 0 saturated carbocycles. The first-order valence-electron chi connectivity index (χ1n) is 33.7. The molecular formula is C67H129NO10. The van der Waals surface area contributed by atoms with Crippen LogP contribution in [0.3, 0.4) is 0 Å². The smallest absolute Gasteiger partial charge is 0.249 e. The molecule has 1 aliphatic heterocycles. The van der Waals surface area contributed by atoms with E-state index < -0.39 is 74.2 Å². The summed E-state index contributed by atoms with van der Waals surface area (Å²) < 4.78 is 11.2. The first-order chi connectivity index (χ1) is 38.2. The van der Waals surface area contributed by atoms with Gasteiger partial charge in [0.2, 0.25) is 5.91 Å². The highest BCUT2D eigenvalue weighted by atomic mass is 16.7. The first kappa shape index (κ1) is 74.6. The van der Waals surface area contributed by atoms with E-state index >= 15 is 0 Å². The van der Waals surface area contributed by atoms with Crippen molar-refractivity contribution in [1.82, 2.24) is 5.32 Å². The normalized spacial score (nSPS) is 19.5. The van der Waals surface area contributed by atoms with Crippen LogP contribution in [0, 0.1) is 0 Å². The maximum Gasteiger partial charge on any atom is 0.249 e. The predicted molar refractivity (Wildman–Crippen MR) is 326 cm³/mol. The van der Waals surface area contributed by atoms with Crippen LogP contribution in [0.5, 0.6) is 0 Å². The molecule has 9 unspecified atom stereocenters. The van der Waals surface area contributed by atoms with Crippen LogP contribution in [0.4, 0.5) is 0 Å². The molecule has 0 aromatic carbocycles. The average Bonchev–Trinajstić information content (AvgIpc) is 3.46. The Morgan fingerprint density at radius 1 is 0.436 bits per heavy atom. The molecule has 1 heterocycles. The van der Waals surface area contributed by atoms with Crippen molar-refractivity contribution in [2.45, 2.75) is 384 Å². The third-order valence-electron chi connectivity index (χ3n) is 16.5. The van der Waals surface area contributed by atoms with Gasteiger partial charge in [-0.15, -0.1) is 0 Å². The van der Waals surface area contributed by atoms with Crippen molar-refractivity contribution < 1.29 is 50.0 Å². The third kappa shape index (κ3) is 43.3. The summed E-state index contributed by atoms with van der Waals surface area (Å²) in [6.07, 6.45) is 58.4. The van der Waals surface area contributed by atoms with E-state index in [1.807, 2.05) is 0 Å². The number of hydrogen-bond donors (Lipinski definition) is 8. The summed E-state index contributed by atoms with van der Waals surface area (Å²) >= 11 is 0. The third-order valence-corrected chi connectivity index (χ3v) is 16.5. The molecule has 462 valence electrons. The van der Waals surface area contributed by atoms with Gasteiger partial charge >= 0.3 is 0 Å². The zero-order valence-electron chi connectivity index (χ0n) is 50.9. The van der Waals surface area contributed by atoms with Gasteiger partial charge in [-0.3, -0.25) is 4.79 Å². The van der Waals surface area contributed by atoms with Gasteiger partial charge in [-0.1, -0.05) is 289 Å². The van der Waals surface area contributed by atoms with Crippen molar-refractivity contribution in [2.75, 3.05) is 13.2 Å². The summed E-state index contributed by atoms with van der Waals surface area (Å²) in [7, 11) is 0. The van der Waals surface area contributed by atoms with Gasteiger partial charge in [0, 0.05) is 0 Å². The molecule has 9 atom stereocenters. The van der Waals surface area contributed by atoms with E-state index in [0.717, 1.165) is 38.5 Å². The van der Waals surface area contributed by atoms with Crippen molar-refractivity contribution >= 4 is 5.91 Å². The minimum Gasteiger partial charge on any atom is -0.394 e. The number of ether oxygens (including phenoxy) is 2. The van der Waals surface area contributed by atoms with E-state index in [1.54, 1.807) is 0 Å². The highest BCUT2D eigenvalue weighted by Crippen LogP contribution is 2.24. The second kappa shape index (κ2) is 56.1. The maximum atomic E-state index is 13.2. The van der Waals surface area contributed by atoms with Crippen molar-refractivity contribution in [3.8, 4) is 0 Å². The molecule has 11 nitrogen and oxygen atoms in total. The SMILES string of the molecule is CCCCCCCCCCCCCC/C=C/CCCC(O)C(O)C(COC1OC(CO)C(O)C(O)C1O)NC(=O)C(O)CCCCCCCCCCCCCCCCCC/C=C\CCCCCCCCCCCCCCCC. The Labute approximate surface area is 480 Å². The Morgan fingerprint density at radius 3 is 1.10 bits per heavy atom. The average molecular weight is 1110 g/mol. The number of nitrogens with one attached hydrogen (secondary N) is 1. The monoisotopic (exact) mass is 1110 g/mol. The molecule has 0 spiro atoms. The highest BCUT2D eigenvalue weighted by Gasteiger charge is 2.44. The molecule has 8 N–H and O–H groups in total. The molecule has 0 aromatic rings. The zero-order chi connectivity index (χ0) is 56.8. The van der Waals surface area contributed by atoms with Gasteiger partial charge in [0.25, 0.3) is 0 Å². The van der Waals surface area contributed by atoms with E-state index in [4.69, 9.17) is 9.47 Å². The molecule has 1 aliphatic rings. The van der Waals surface area contributed by atoms with Crippen LogP contribution in [0.1, 0.15) is 328 Å². The Bertz CT molecular complexity index is 1320. The molecule has 11 heteroatoms. The zero-order valence-corrected chi connectivity index (χ0v) is 50.9. The second-order valence-electron chi connectivity index (χ2n) is 23.9. The molecule has 0 bridgehead atoms. The van der Waals surface area contributed by atoms with Crippen LogP contribution in [0.2, 0.25) is 0 Å². The van der Waals surface area contributed by atoms with Crippen LogP contribution >= 0.6 is 0 Å². The van der Waals surface area contributed by atoms with E-state index in [-0.39, 0.29) is 12.8 Å². The topological polar surface area (TPSA) is 189 Å². The highest BCUT2D eigenvalue weighted by molar-refractivity contribution is 5.80. The van der Waals surface area contributed by atoms with Gasteiger partial charge in [0.1, 0.15) is 36.6 Å². The molecule has 78 heavy (non-hydrogen) atoms. The number of unbranched alkanes of at least 4 members (excludes halogenated alkanes) is 43. The Hall–Kier alpha value is -1.41. The molecule has 1 fully saturated rings. The molecular weight excluding hydrogens is 979 g/mol. The lowest BCUT2D eigenvalue weighted by Gasteiger charge is -2.40. The summed E-state index contributed by atoms with van der Waals surface area (Å²) in [5.74, 6) is -0.701. The number of rotatable bonds is 59. The van der Waals surface area contributed by atoms with Gasteiger partial charge in [0.05, 0.1) is 25.4 Å². The van der Waals surface area contributed by atoms with Gasteiger partial charge in [-0.25, -0.2) is 0 Å². The minimum absolute atomic E-state index is 0.257. The number of allylic oxidation sites excluding steroid dienone is 4. The Kier molecular flexibility index (Phi) is 53.6. The molecule has 0 aromatic heterocycles. The van der Waals surface area contributed by atoms with Crippen LogP contribution in [0.25, 0.3) is 0 Å². The van der Waals surface area contributed by atoms with Crippen molar-refractivity contribution in [2.24, 2.45) is 0 Å². The number of amides is 1. The van der Waals surface area contributed by atoms with Gasteiger partial charge in [-0.05, 0) is 64.2 Å². The lowest BCUT2D eigenvalue weighted by Crippen LogP contribution is -2.60. The molecule has 0 aliphatic carbocycles. The summed E-state index contributed by atoms with van der Waals surface area (Å²) in [6, 6.07) is -1.18. The fourth-order valence-corrected chi connectivity index (χ4v) is 11.0. The van der Waals surface area contributed by atoms with E-state index in [1.165, 1.54) is 250 Å². The van der Waals surface area contributed by atoms with Gasteiger partial charge < -0.3 is 50.5 Å². The number of carbonyl (C=O) groups excluding carboxylic acids is 1. The number of hydrogen-bond acceptors (Lipinski definition) is 10. The van der Waals surface area contributed by atoms with Crippen LogP contribution in [-0.2, 0) is 14.3 Å². The number of aliphatic hydroxyl groups excluding tert-OH is 7. The summed E-state index contributed by atoms with van der Waals surface area (Å²) in [4.78, 5) is 13.2. The minimum atomic E-state index is -1.67. The largest absolute Gasteiger partial charge is 0.394 e. The molecule has 1 saturated heterocycles. The lowest BCUT2D eigenvalue weighted by atomic mass is 9.98. The molecule has 0 radical (unpaired) electrons. The quantitative estimate of drug-likeness (QED) is 0.0215. The van der Waals surface area contributed by atoms with E-state index in [0.29, 0.717) is 12.8 Å². The lowest BCUT2D eigenvalue weighted by molar-refractivity contribution is -0.303.